The van der Waals surface area contributed by atoms with Crippen LogP contribution in [0, 0.1) is 0 Å². The molecule has 1 aromatic heterocycles. The summed E-state index contributed by atoms with van der Waals surface area (Å²) in [6.07, 6.45) is 0.923. The van der Waals surface area contributed by atoms with Crippen molar-refractivity contribution in [3.05, 3.63) is 41.3 Å². The minimum Gasteiger partial charge on any atom is -0.297 e. The molecule has 0 N–H and O–H groups in total. The summed E-state index contributed by atoms with van der Waals surface area (Å²) >= 11 is 1.54. The Kier molecular flexibility index (Phi) is 2.50. The number of benzene rings is 1. The van der Waals surface area contributed by atoms with E-state index in [1.165, 1.54) is 5.56 Å². The van der Waals surface area contributed by atoms with Crippen molar-refractivity contribution in [3.63, 3.8) is 0 Å². The molecule has 0 fully saturated rings. The summed E-state index contributed by atoms with van der Waals surface area (Å²) in [4.78, 5) is 12.7. The van der Waals surface area contributed by atoms with Gasteiger partial charge in [0.25, 0.3) is 0 Å². The second kappa shape index (κ2) is 3.80. The molecule has 0 aliphatic heterocycles. The lowest BCUT2D eigenvalue weighted by atomic mass is 9.96. The van der Waals surface area contributed by atoms with E-state index in [9.17, 15) is 4.79 Å². The number of hydrogen-bond acceptors (Lipinski definition) is 2. The monoisotopic (exact) mass is 200 g/mol. The summed E-state index contributed by atoms with van der Waals surface area (Å²) in [5.41, 5.74) is 2.23. The Labute approximate surface area is 87.8 Å². The van der Waals surface area contributed by atoms with Gasteiger partial charge in [-0.15, -0.1) is 11.3 Å². The van der Waals surface area contributed by atoms with Gasteiger partial charge >= 0.3 is 0 Å². The molecule has 0 saturated carbocycles. The first-order chi connectivity index (χ1) is 6.81. The number of carbonyl (C=O) groups is 1. The van der Waals surface area contributed by atoms with E-state index in [0.29, 0.717) is 0 Å². The van der Waals surface area contributed by atoms with Crippen LogP contribution in [-0.2, 0) is 0 Å². The molecular formula is C11H9BOS. The van der Waals surface area contributed by atoms with E-state index in [1.807, 2.05) is 26.0 Å². The number of thiophene rings is 1. The largest absolute Gasteiger partial charge is 0.297 e. The lowest BCUT2D eigenvalue weighted by Crippen LogP contribution is -2.02. The smallest absolute Gasteiger partial charge is 0.159 e. The standard InChI is InChI=1S/C11H9BOS/c12-9-6-10(14-11(9)7-13)8-4-2-1-3-5-8/h1-7H,12H2. The van der Waals surface area contributed by atoms with Crippen molar-refractivity contribution < 1.29 is 4.79 Å². The molecule has 1 nitrogen and oxygen atoms in total. The van der Waals surface area contributed by atoms with Crippen LogP contribution >= 0.6 is 11.3 Å². The summed E-state index contributed by atoms with van der Waals surface area (Å²) in [6, 6.07) is 12.2. The van der Waals surface area contributed by atoms with Gasteiger partial charge in [-0.3, -0.25) is 4.79 Å². The van der Waals surface area contributed by atoms with Gasteiger partial charge in [0.05, 0.1) is 4.88 Å². The Bertz CT molecular complexity index is 448. The average molecular weight is 200 g/mol. The van der Waals surface area contributed by atoms with E-state index in [-0.39, 0.29) is 0 Å². The van der Waals surface area contributed by atoms with Crippen molar-refractivity contribution in [2.24, 2.45) is 0 Å². The van der Waals surface area contributed by atoms with Gasteiger partial charge in [-0.2, -0.15) is 0 Å². The Morgan fingerprint density at radius 1 is 1.21 bits per heavy atom. The van der Waals surface area contributed by atoms with Crippen molar-refractivity contribution in [2.75, 3.05) is 0 Å². The van der Waals surface area contributed by atoms with E-state index >= 15 is 0 Å². The molecule has 0 bridgehead atoms. The quantitative estimate of drug-likeness (QED) is 0.530. The lowest BCUT2D eigenvalue weighted by molar-refractivity contribution is 0.112. The maximum Gasteiger partial charge on any atom is 0.159 e. The molecular weight excluding hydrogens is 191 g/mol. The molecule has 0 spiro atoms. The van der Waals surface area contributed by atoms with Crippen molar-refractivity contribution in [1.29, 1.82) is 0 Å². The molecule has 1 aromatic carbocycles. The molecule has 0 saturated heterocycles. The second-order valence-electron chi connectivity index (χ2n) is 3.14. The van der Waals surface area contributed by atoms with Gasteiger partial charge in [-0.05, 0) is 11.6 Å². The van der Waals surface area contributed by atoms with Gasteiger partial charge in [0.1, 0.15) is 7.85 Å². The second-order valence-corrected chi connectivity index (χ2v) is 4.23. The number of carbonyl (C=O) groups excluding carboxylic acids is 1. The molecule has 0 amide bonds. The summed E-state index contributed by atoms with van der Waals surface area (Å²) in [5.74, 6) is 0. The zero-order valence-electron chi connectivity index (χ0n) is 7.86. The molecule has 0 atom stereocenters. The topological polar surface area (TPSA) is 17.1 Å². The van der Waals surface area contributed by atoms with Gasteiger partial charge in [0.2, 0.25) is 0 Å². The van der Waals surface area contributed by atoms with Crippen molar-refractivity contribution >= 4 is 30.9 Å². The first-order valence-electron chi connectivity index (χ1n) is 4.42. The molecule has 68 valence electrons. The van der Waals surface area contributed by atoms with E-state index in [4.69, 9.17) is 0 Å². The van der Waals surface area contributed by atoms with Crippen LogP contribution in [0.5, 0.6) is 0 Å². The molecule has 0 radical (unpaired) electrons. The number of rotatable bonds is 2. The third kappa shape index (κ3) is 1.63. The summed E-state index contributed by atoms with van der Waals surface area (Å²) in [7, 11) is 1.96. The van der Waals surface area contributed by atoms with Crippen LogP contribution in [0.3, 0.4) is 0 Å². The third-order valence-electron chi connectivity index (χ3n) is 2.12. The lowest BCUT2D eigenvalue weighted by Gasteiger charge is -1.93. The van der Waals surface area contributed by atoms with Crippen molar-refractivity contribution in [2.45, 2.75) is 0 Å². The fourth-order valence-corrected chi connectivity index (χ4v) is 2.35. The molecule has 1 heterocycles. The molecule has 0 aliphatic carbocycles. The summed E-state index contributed by atoms with van der Waals surface area (Å²) in [6.45, 7) is 0. The highest BCUT2D eigenvalue weighted by Crippen LogP contribution is 2.25. The van der Waals surface area contributed by atoms with Crippen LogP contribution < -0.4 is 5.46 Å². The predicted octanol–water partition coefficient (Wildman–Crippen LogP) is 1.49. The Morgan fingerprint density at radius 3 is 2.50 bits per heavy atom. The van der Waals surface area contributed by atoms with E-state index in [2.05, 4.69) is 18.2 Å². The van der Waals surface area contributed by atoms with Crippen LogP contribution in [0.4, 0.5) is 0 Å². The van der Waals surface area contributed by atoms with Crippen LogP contribution in [0.25, 0.3) is 10.4 Å². The fourth-order valence-electron chi connectivity index (χ4n) is 1.36. The highest BCUT2D eigenvalue weighted by atomic mass is 32.1. The van der Waals surface area contributed by atoms with E-state index in [1.54, 1.807) is 11.3 Å². The summed E-state index contributed by atoms with van der Waals surface area (Å²) < 4.78 is 0. The van der Waals surface area contributed by atoms with Gasteiger partial charge in [-0.25, -0.2) is 0 Å². The molecule has 3 heteroatoms. The van der Waals surface area contributed by atoms with Gasteiger partial charge in [0, 0.05) is 4.88 Å². The highest BCUT2D eigenvalue weighted by molar-refractivity contribution is 7.18. The van der Waals surface area contributed by atoms with Crippen LogP contribution in [0.2, 0.25) is 0 Å². The normalized spacial score (nSPS) is 10.0. The first kappa shape index (κ1) is 9.22. The molecule has 0 aliphatic rings. The zero-order chi connectivity index (χ0) is 9.97. The molecule has 2 aromatic rings. The van der Waals surface area contributed by atoms with E-state index < -0.39 is 0 Å². The Balaban J connectivity index is 2.48. The van der Waals surface area contributed by atoms with Gasteiger partial charge in [0.15, 0.2) is 6.29 Å². The Hall–Kier alpha value is -1.35. The molecule has 2 rings (SSSR count). The minimum atomic E-state index is 0.823. The van der Waals surface area contributed by atoms with Crippen LogP contribution in [0.15, 0.2) is 36.4 Å². The molecule has 0 unspecified atom stereocenters. The van der Waals surface area contributed by atoms with Crippen LogP contribution in [-0.4, -0.2) is 14.1 Å². The van der Waals surface area contributed by atoms with Gasteiger partial charge in [-0.1, -0.05) is 35.8 Å². The van der Waals surface area contributed by atoms with Crippen molar-refractivity contribution in [3.8, 4) is 10.4 Å². The SMILES string of the molecule is Bc1cc(-c2ccccc2)sc1C=O. The zero-order valence-corrected chi connectivity index (χ0v) is 8.67. The first-order valence-corrected chi connectivity index (χ1v) is 5.24. The average Bonchev–Trinajstić information content (AvgIpc) is 2.61. The predicted molar refractivity (Wildman–Crippen MR) is 63.3 cm³/mol. The van der Waals surface area contributed by atoms with Gasteiger partial charge < -0.3 is 0 Å². The highest BCUT2D eigenvalue weighted by Gasteiger charge is 2.05. The van der Waals surface area contributed by atoms with Crippen molar-refractivity contribution in [1.82, 2.24) is 0 Å². The fraction of sp³-hybridized carbons (Fsp3) is 0. The van der Waals surface area contributed by atoms with Crippen LogP contribution in [0.1, 0.15) is 9.67 Å². The Morgan fingerprint density at radius 2 is 1.93 bits per heavy atom. The molecule has 14 heavy (non-hydrogen) atoms. The maximum absolute atomic E-state index is 10.7. The summed E-state index contributed by atoms with van der Waals surface area (Å²) in [5, 5.41) is 0. The number of aldehydes is 1. The minimum absolute atomic E-state index is 0.823. The number of hydrogen-bond donors (Lipinski definition) is 0. The maximum atomic E-state index is 10.7. The van der Waals surface area contributed by atoms with E-state index in [0.717, 1.165) is 21.5 Å². The third-order valence-corrected chi connectivity index (χ3v) is 3.33.